The minimum Gasteiger partial charge on any atom is -0.382 e. The van der Waals surface area contributed by atoms with Crippen LogP contribution in [-0.4, -0.2) is 65.1 Å². The fraction of sp³-hybridized carbons (Fsp3) is 0.588. The fourth-order valence-corrected chi connectivity index (χ4v) is 3.79. The smallest absolute Gasteiger partial charge is 0.237 e. The molecule has 0 saturated carbocycles. The third-order valence-electron chi connectivity index (χ3n) is 4.76. The van der Waals surface area contributed by atoms with Crippen LogP contribution in [0, 0.1) is 11.3 Å². The molecule has 0 aromatic carbocycles. The molecule has 1 aromatic heterocycles. The van der Waals surface area contributed by atoms with Crippen LogP contribution in [-0.2, 0) is 4.79 Å². The van der Waals surface area contributed by atoms with Gasteiger partial charge in [0.25, 0.3) is 0 Å². The predicted octanol–water partition coefficient (Wildman–Crippen LogP) is 2.18. The Bertz CT molecular complexity index is 659. The van der Waals surface area contributed by atoms with Crippen LogP contribution in [0.15, 0.2) is 22.9 Å². The number of nitrogens with one attached hydrogen (secondary N) is 1. The number of piperidine rings is 1. The minimum atomic E-state index is -1.08. The summed E-state index contributed by atoms with van der Waals surface area (Å²) in [5, 5.41) is 12.6. The Morgan fingerprint density at radius 2 is 2.24 bits per heavy atom. The van der Waals surface area contributed by atoms with Gasteiger partial charge in [0.15, 0.2) is 0 Å². The van der Waals surface area contributed by atoms with Gasteiger partial charge in [0.05, 0.1) is 19.2 Å². The van der Waals surface area contributed by atoms with Crippen molar-refractivity contribution in [3.63, 3.8) is 0 Å². The zero-order chi connectivity index (χ0) is 17.8. The number of carbonyl (C=O) groups excluding carboxylic acids is 1. The topological polar surface area (TPSA) is 72.3 Å². The monoisotopic (exact) mass is 409 g/mol. The number of rotatable bonds is 4. The van der Waals surface area contributed by atoms with E-state index in [0.717, 1.165) is 36.2 Å². The average Bonchev–Trinajstić information content (AvgIpc) is 2.98. The van der Waals surface area contributed by atoms with E-state index in [4.69, 9.17) is 5.26 Å². The molecule has 0 aliphatic carbocycles. The number of hydrogen-bond acceptors (Lipinski definition) is 5. The molecule has 3 heterocycles. The second-order valence-corrected chi connectivity index (χ2v) is 7.40. The van der Waals surface area contributed by atoms with E-state index in [0.29, 0.717) is 6.04 Å². The molecule has 8 heteroatoms. The molecule has 2 saturated heterocycles. The van der Waals surface area contributed by atoms with Crippen LogP contribution in [0.1, 0.15) is 19.3 Å². The molecular weight excluding hydrogens is 389 g/mol. The molecule has 3 rings (SSSR count). The van der Waals surface area contributed by atoms with Crippen LogP contribution in [0.4, 0.5) is 10.1 Å². The van der Waals surface area contributed by atoms with E-state index >= 15 is 0 Å². The average molecular weight is 410 g/mol. The number of alkyl halides is 1. The highest BCUT2D eigenvalue weighted by Crippen LogP contribution is 2.22. The number of nitrogens with zero attached hydrogens (tertiary/aromatic N) is 4. The van der Waals surface area contributed by atoms with Crippen LogP contribution in [0.2, 0.25) is 0 Å². The maximum atomic E-state index is 13.5. The number of amides is 1. The summed E-state index contributed by atoms with van der Waals surface area (Å²) in [4.78, 5) is 20.0. The maximum absolute atomic E-state index is 13.5. The normalized spacial score (nSPS) is 24.9. The van der Waals surface area contributed by atoms with Crippen molar-refractivity contribution in [3.8, 4) is 6.07 Å². The first-order valence-electron chi connectivity index (χ1n) is 8.48. The van der Waals surface area contributed by atoms with Gasteiger partial charge in [-0.25, -0.2) is 9.37 Å². The van der Waals surface area contributed by atoms with Gasteiger partial charge in [-0.2, -0.15) is 5.26 Å². The quantitative estimate of drug-likeness (QED) is 0.771. The van der Waals surface area contributed by atoms with Crippen LogP contribution < -0.4 is 5.32 Å². The number of nitriles is 1. The number of carbonyl (C=O) groups is 1. The lowest BCUT2D eigenvalue weighted by Crippen LogP contribution is -2.46. The van der Waals surface area contributed by atoms with Crippen LogP contribution >= 0.6 is 15.9 Å². The van der Waals surface area contributed by atoms with E-state index in [-0.39, 0.29) is 25.4 Å². The van der Waals surface area contributed by atoms with Crippen molar-refractivity contribution in [1.29, 1.82) is 5.26 Å². The zero-order valence-corrected chi connectivity index (χ0v) is 15.5. The number of aromatic nitrogens is 1. The Morgan fingerprint density at radius 1 is 1.48 bits per heavy atom. The first kappa shape index (κ1) is 18.1. The van der Waals surface area contributed by atoms with Crippen LogP contribution in [0.5, 0.6) is 0 Å². The number of halogens is 2. The summed E-state index contributed by atoms with van der Waals surface area (Å²) in [6, 6.07) is 5.64. The molecule has 25 heavy (non-hydrogen) atoms. The van der Waals surface area contributed by atoms with E-state index < -0.39 is 12.2 Å². The van der Waals surface area contributed by atoms with E-state index in [9.17, 15) is 9.18 Å². The molecule has 1 amide bonds. The third-order valence-corrected chi connectivity index (χ3v) is 5.20. The summed E-state index contributed by atoms with van der Waals surface area (Å²) < 4.78 is 14.3. The molecule has 0 bridgehead atoms. The summed E-state index contributed by atoms with van der Waals surface area (Å²) in [7, 11) is 0. The number of anilines is 1. The van der Waals surface area contributed by atoms with Gasteiger partial charge >= 0.3 is 0 Å². The summed E-state index contributed by atoms with van der Waals surface area (Å²) in [5.41, 5.74) is 1.03. The van der Waals surface area contributed by atoms with E-state index in [1.807, 2.05) is 18.2 Å². The van der Waals surface area contributed by atoms with E-state index in [2.05, 4.69) is 31.1 Å². The summed E-state index contributed by atoms with van der Waals surface area (Å²) in [6.07, 6.45) is 2.67. The Balaban J connectivity index is 1.46. The first-order chi connectivity index (χ1) is 12.0. The zero-order valence-electron chi connectivity index (χ0n) is 13.9. The lowest BCUT2D eigenvalue weighted by Gasteiger charge is -2.33. The highest BCUT2D eigenvalue weighted by atomic mass is 79.9. The van der Waals surface area contributed by atoms with Crippen molar-refractivity contribution in [1.82, 2.24) is 14.8 Å². The summed E-state index contributed by atoms with van der Waals surface area (Å²) in [6.45, 7) is 1.92. The van der Waals surface area contributed by atoms with Crippen molar-refractivity contribution in [2.75, 3.05) is 31.5 Å². The van der Waals surface area contributed by atoms with Crippen LogP contribution in [0.3, 0.4) is 0 Å². The molecule has 134 valence electrons. The van der Waals surface area contributed by atoms with Gasteiger partial charge in [-0.15, -0.1) is 0 Å². The number of likely N-dealkylation sites (tertiary alicyclic amines) is 2. The second-order valence-electron chi connectivity index (χ2n) is 6.59. The fourth-order valence-electron chi connectivity index (χ4n) is 3.43. The van der Waals surface area contributed by atoms with Crippen molar-refractivity contribution in [3.05, 3.63) is 22.9 Å². The largest absolute Gasteiger partial charge is 0.382 e. The SMILES string of the molecule is N#C[C@@H]1C[C@H](F)CN1C(=O)CN1CCC(Nc2ccnc(Br)c2)CC1. The minimum absolute atomic E-state index is 0.0476. The van der Waals surface area contributed by atoms with Gasteiger partial charge in [0.2, 0.25) is 5.91 Å². The Labute approximate surface area is 155 Å². The van der Waals surface area contributed by atoms with Gasteiger partial charge in [-0.3, -0.25) is 9.69 Å². The molecule has 1 N–H and O–H groups in total. The molecule has 0 radical (unpaired) electrons. The Morgan fingerprint density at radius 3 is 2.92 bits per heavy atom. The van der Waals surface area contributed by atoms with Crippen molar-refractivity contribution in [2.45, 2.75) is 37.5 Å². The molecule has 6 nitrogen and oxygen atoms in total. The summed E-state index contributed by atoms with van der Waals surface area (Å²) >= 11 is 3.36. The molecule has 0 spiro atoms. The molecule has 1 aromatic rings. The lowest BCUT2D eigenvalue weighted by molar-refractivity contribution is -0.132. The van der Waals surface area contributed by atoms with Crippen LogP contribution in [0.25, 0.3) is 0 Å². The predicted molar refractivity (Wildman–Crippen MR) is 95.6 cm³/mol. The van der Waals surface area contributed by atoms with Crippen molar-refractivity contribution < 1.29 is 9.18 Å². The first-order valence-corrected chi connectivity index (χ1v) is 9.28. The number of hydrogen-bond donors (Lipinski definition) is 1. The van der Waals surface area contributed by atoms with Gasteiger partial charge < -0.3 is 10.2 Å². The van der Waals surface area contributed by atoms with Gasteiger partial charge in [-0.1, -0.05) is 0 Å². The van der Waals surface area contributed by atoms with Gasteiger partial charge in [0.1, 0.15) is 16.8 Å². The molecule has 2 fully saturated rings. The standard InChI is InChI=1S/C17H21BrFN5O/c18-16-8-14(1-4-21-16)22-13-2-5-23(6-3-13)11-17(25)24-10-12(19)7-15(24)9-20/h1,4,8,12-13,15H,2-3,5-7,10-11H2,(H,21,22)/t12-,15-/m0/s1. The van der Waals surface area contributed by atoms with Gasteiger partial charge in [0, 0.05) is 37.4 Å². The molecule has 2 atom stereocenters. The highest BCUT2D eigenvalue weighted by molar-refractivity contribution is 9.10. The van der Waals surface area contributed by atoms with E-state index in [1.54, 1.807) is 6.20 Å². The maximum Gasteiger partial charge on any atom is 0.237 e. The van der Waals surface area contributed by atoms with Crippen molar-refractivity contribution >= 4 is 27.5 Å². The molecule has 2 aliphatic heterocycles. The number of pyridine rings is 1. The van der Waals surface area contributed by atoms with Gasteiger partial charge in [-0.05, 0) is 40.9 Å². The lowest BCUT2D eigenvalue weighted by atomic mass is 10.0. The molecule has 0 unspecified atom stereocenters. The molecule has 2 aliphatic rings. The third kappa shape index (κ3) is 4.67. The Hall–Kier alpha value is -1.72. The second kappa shape index (κ2) is 8.11. The van der Waals surface area contributed by atoms with E-state index in [1.165, 1.54) is 4.90 Å². The highest BCUT2D eigenvalue weighted by Gasteiger charge is 2.36. The Kier molecular flexibility index (Phi) is 5.86. The summed E-state index contributed by atoms with van der Waals surface area (Å²) in [5.74, 6) is -0.142. The van der Waals surface area contributed by atoms with Crippen molar-refractivity contribution in [2.24, 2.45) is 0 Å². The molecular formula is C17H21BrFN5O.